The second-order valence-corrected chi connectivity index (χ2v) is 5.49. The van der Waals surface area contributed by atoms with Crippen LogP contribution in [0.15, 0.2) is 35.5 Å². The fourth-order valence-electron chi connectivity index (χ4n) is 2.40. The topological polar surface area (TPSA) is 58.9 Å². The van der Waals surface area contributed by atoms with Crippen molar-refractivity contribution in [2.24, 2.45) is 22.4 Å². The second kappa shape index (κ2) is 5.43. The Balaban J connectivity index is 1.72. The minimum Gasteiger partial charge on any atom is -0.481 e. The van der Waals surface area contributed by atoms with Gasteiger partial charge in [-0.2, -0.15) is 0 Å². The van der Waals surface area contributed by atoms with E-state index in [1.54, 1.807) is 6.21 Å². The molecule has 102 valence electrons. The number of hydrogen-bond acceptors (Lipinski definition) is 3. The summed E-state index contributed by atoms with van der Waals surface area (Å²) >= 11 is 0. The molecule has 2 atom stereocenters. The molecular formula is C15H19NO3. The summed E-state index contributed by atoms with van der Waals surface area (Å²) < 4.78 is 0. The fraction of sp³-hybridized carbons (Fsp3) is 0.467. The van der Waals surface area contributed by atoms with Gasteiger partial charge in [0.25, 0.3) is 0 Å². The lowest BCUT2D eigenvalue weighted by Gasteiger charge is -2.00. The molecule has 1 aliphatic rings. The van der Waals surface area contributed by atoms with Crippen molar-refractivity contribution in [3.63, 3.8) is 0 Å². The van der Waals surface area contributed by atoms with Gasteiger partial charge >= 0.3 is 5.97 Å². The Bertz CT molecular complexity index is 468. The summed E-state index contributed by atoms with van der Waals surface area (Å²) in [4.78, 5) is 16.1. The fourth-order valence-corrected chi connectivity index (χ4v) is 2.40. The van der Waals surface area contributed by atoms with E-state index in [2.05, 4.69) is 5.16 Å². The van der Waals surface area contributed by atoms with Crippen molar-refractivity contribution in [3.8, 4) is 0 Å². The van der Waals surface area contributed by atoms with E-state index < -0.39 is 5.97 Å². The third-order valence-electron chi connectivity index (χ3n) is 3.80. The number of aliphatic carboxylic acids is 1. The van der Waals surface area contributed by atoms with Crippen LogP contribution < -0.4 is 0 Å². The minimum atomic E-state index is -0.759. The normalized spacial score (nSPS) is 24.3. The van der Waals surface area contributed by atoms with E-state index in [9.17, 15) is 4.79 Å². The van der Waals surface area contributed by atoms with Crippen molar-refractivity contribution in [1.29, 1.82) is 0 Å². The van der Waals surface area contributed by atoms with Gasteiger partial charge < -0.3 is 9.94 Å². The van der Waals surface area contributed by atoms with Crippen molar-refractivity contribution in [2.75, 3.05) is 6.61 Å². The summed E-state index contributed by atoms with van der Waals surface area (Å²) in [6.07, 6.45) is 2.43. The molecule has 4 heteroatoms. The first-order valence-electron chi connectivity index (χ1n) is 6.45. The van der Waals surface area contributed by atoms with Gasteiger partial charge in [-0.3, -0.25) is 4.79 Å². The molecule has 1 N–H and O–H groups in total. The Hall–Kier alpha value is -1.84. The highest BCUT2D eigenvalue weighted by Crippen LogP contribution is 2.57. The molecule has 1 saturated carbocycles. The molecule has 1 fully saturated rings. The standard InChI is InChI=1S/C15H19NO3/c1-15(2)12(13(15)14(17)18)10-16-19-9-8-11-6-4-3-5-7-11/h3-7,10,12-13H,8-9H2,1-2H3,(H,17,18)/t12-,13-/m0/s1. The van der Waals surface area contributed by atoms with Crippen LogP contribution >= 0.6 is 0 Å². The molecule has 0 aliphatic heterocycles. The molecular weight excluding hydrogens is 242 g/mol. The van der Waals surface area contributed by atoms with E-state index in [1.807, 2.05) is 44.2 Å². The third-order valence-corrected chi connectivity index (χ3v) is 3.80. The van der Waals surface area contributed by atoms with Crippen LogP contribution in [0.4, 0.5) is 0 Å². The van der Waals surface area contributed by atoms with Gasteiger partial charge in [0, 0.05) is 18.6 Å². The summed E-state index contributed by atoms with van der Waals surface area (Å²) in [5.41, 5.74) is 0.992. The zero-order valence-corrected chi connectivity index (χ0v) is 11.2. The highest BCUT2D eigenvalue weighted by molar-refractivity contribution is 5.84. The number of nitrogens with zero attached hydrogens (tertiary/aromatic N) is 1. The lowest BCUT2D eigenvalue weighted by atomic mass is 10.1. The second-order valence-electron chi connectivity index (χ2n) is 5.49. The quantitative estimate of drug-likeness (QED) is 0.486. The van der Waals surface area contributed by atoms with E-state index in [-0.39, 0.29) is 17.3 Å². The van der Waals surface area contributed by atoms with Crippen LogP contribution in [-0.4, -0.2) is 23.9 Å². The lowest BCUT2D eigenvalue weighted by molar-refractivity contribution is -0.139. The predicted octanol–water partition coefficient (Wildman–Crippen LogP) is 2.59. The molecule has 0 unspecified atom stereocenters. The molecule has 4 nitrogen and oxygen atoms in total. The molecule has 1 aliphatic carbocycles. The molecule has 0 aromatic heterocycles. The van der Waals surface area contributed by atoms with E-state index >= 15 is 0 Å². The van der Waals surface area contributed by atoms with Crippen molar-refractivity contribution in [2.45, 2.75) is 20.3 Å². The van der Waals surface area contributed by atoms with Gasteiger partial charge in [-0.25, -0.2) is 0 Å². The average Bonchev–Trinajstić information content (AvgIpc) is 2.92. The monoisotopic (exact) mass is 261 g/mol. The van der Waals surface area contributed by atoms with E-state index in [0.29, 0.717) is 6.61 Å². The lowest BCUT2D eigenvalue weighted by Crippen LogP contribution is -2.03. The molecule has 0 saturated heterocycles. The van der Waals surface area contributed by atoms with Crippen LogP contribution in [0, 0.1) is 17.3 Å². The molecule has 2 rings (SSSR count). The van der Waals surface area contributed by atoms with Crippen molar-refractivity contribution in [3.05, 3.63) is 35.9 Å². The molecule has 0 heterocycles. The first-order valence-corrected chi connectivity index (χ1v) is 6.45. The third kappa shape index (κ3) is 3.13. The largest absolute Gasteiger partial charge is 0.481 e. The van der Waals surface area contributed by atoms with Gasteiger partial charge in [0.05, 0.1) is 5.92 Å². The van der Waals surface area contributed by atoms with Gasteiger partial charge in [0.2, 0.25) is 0 Å². The predicted molar refractivity (Wildman–Crippen MR) is 73.0 cm³/mol. The smallest absolute Gasteiger partial charge is 0.307 e. The van der Waals surface area contributed by atoms with Crippen molar-refractivity contribution in [1.82, 2.24) is 0 Å². The maximum absolute atomic E-state index is 11.0. The number of carboxylic acids is 1. The van der Waals surface area contributed by atoms with E-state index in [0.717, 1.165) is 6.42 Å². The highest BCUT2D eigenvalue weighted by Gasteiger charge is 2.61. The molecule has 0 amide bonds. The molecule has 1 aromatic carbocycles. The van der Waals surface area contributed by atoms with Crippen LogP contribution in [0.2, 0.25) is 0 Å². The SMILES string of the molecule is CC1(C)[C@H](C(=O)O)[C@@H]1C=NOCCc1ccccc1. The number of rotatable bonds is 6. The number of oxime groups is 1. The Labute approximate surface area is 113 Å². The maximum Gasteiger partial charge on any atom is 0.307 e. The zero-order valence-electron chi connectivity index (χ0n) is 11.2. The summed E-state index contributed by atoms with van der Waals surface area (Å²) in [7, 11) is 0. The van der Waals surface area contributed by atoms with Crippen LogP contribution in [-0.2, 0) is 16.1 Å². The van der Waals surface area contributed by atoms with Crippen LogP contribution in [0.25, 0.3) is 0 Å². The van der Waals surface area contributed by atoms with Gasteiger partial charge in [-0.05, 0) is 11.0 Å². The average molecular weight is 261 g/mol. The first kappa shape index (κ1) is 13.6. The minimum absolute atomic E-state index is 0.0262. The number of carbonyl (C=O) groups is 1. The van der Waals surface area contributed by atoms with Crippen molar-refractivity contribution >= 4 is 12.2 Å². The molecule has 0 bridgehead atoms. The van der Waals surface area contributed by atoms with Crippen LogP contribution in [0.5, 0.6) is 0 Å². The summed E-state index contributed by atoms with van der Waals surface area (Å²) in [5.74, 6) is -1.12. The highest BCUT2D eigenvalue weighted by atomic mass is 16.6. The van der Waals surface area contributed by atoms with Gasteiger partial charge in [-0.1, -0.05) is 49.3 Å². The number of hydrogen-bond donors (Lipinski definition) is 1. The number of carboxylic acid groups (broad SMARTS) is 1. The van der Waals surface area contributed by atoms with Gasteiger partial charge in [0.15, 0.2) is 0 Å². The summed E-state index contributed by atoms with van der Waals surface area (Å²) in [6, 6.07) is 10.0. The maximum atomic E-state index is 11.0. The van der Waals surface area contributed by atoms with Crippen molar-refractivity contribution < 1.29 is 14.7 Å². The first-order chi connectivity index (χ1) is 9.03. The molecule has 1 aromatic rings. The Morgan fingerprint density at radius 3 is 2.68 bits per heavy atom. The van der Waals surface area contributed by atoms with Crippen LogP contribution in [0.1, 0.15) is 19.4 Å². The molecule has 0 spiro atoms. The van der Waals surface area contributed by atoms with E-state index in [1.165, 1.54) is 5.56 Å². The van der Waals surface area contributed by atoms with Gasteiger partial charge in [-0.15, -0.1) is 0 Å². The Morgan fingerprint density at radius 1 is 1.42 bits per heavy atom. The zero-order chi connectivity index (χ0) is 13.9. The number of benzene rings is 1. The Kier molecular flexibility index (Phi) is 3.88. The summed E-state index contributed by atoms with van der Waals surface area (Å²) in [6.45, 7) is 4.38. The van der Waals surface area contributed by atoms with Gasteiger partial charge in [0.1, 0.15) is 6.61 Å². The molecule has 0 radical (unpaired) electrons. The van der Waals surface area contributed by atoms with Crippen LogP contribution in [0.3, 0.4) is 0 Å². The van der Waals surface area contributed by atoms with E-state index in [4.69, 9.17) is 9.94 Å². The Morgan fingerprint density at radius 2 is 2.11 bits per heavy atom. The molecule has 19 heavy (non-hydrogen) atoms. The summed E-state index contributed by atoms with van der Waals surface area (Å²) in [5, 5.41) is 12.9.